The number of hydrogen-bond acceptors (Lipinski definition) is 4. The summed E-state index contributed by atoms with van der Waals surface area (Å²) in [4.78, 5) is 23.9. The second kappa shape index (κ2) is 6.92. The van der Waals surface area contributed by atoms with Gasteiger partial charge in [0.25, 0.3) is 15.6 Å². The second-order valence-electron chi connectivity index (χ2n) is 6.18. The van der Waals surface area contributed by atoms with Crippen LogP contribution < -0.4 is 16.0 Å². The molecule has 7 nitrogen and oxygen atoms in total. The Bertz CT molecular complexity index is 1360. The predicted octanol–water partition coefficient (Wildman–Crippen LogP) is 2.71. The van der Waals surface area contributed by atoms with Gasteiger partial charge in [0, 0.05) is 19.8 Å². The molecule has 0 amide bonds. The van der Waals surface area contributed by atoms with E-state index < -0.39 is 38.0 Å². The lowest BCUT2D eigenvalue weighted by Crippen LogP contribution is -2.37. The van der Waals surface area contributed by atoms with Crippen LogP contribution >= 0.6 is 11.6 Å². The average Bonchev–Trinajstić information content (AvgIpc) is 2.64. The number of nitrogens with one attached hydrogen (secondary N) is 1. The minimum Gasteiger partial charge on any atom is -0.296 e. The zero-order valence-corrected chi connectivity index (χ0v) is 16.5. The quantitative estimate of drug-likeness (QED) is 0.668. The molecular weight excluding hydrogens is 435 g/mol. The molecule has 0 aliphatic carbocycles. The molecule has 0 spiro atoms. The summed E-state index contributed by atoms with van der Waals surface area (Å²) >= 11 is 5.53. The Morgan fingerprint density at radius 3 is 2.28 bits per heavy atom. The van der Waals surface area contributed by atoms with E-state index in [4.69, 9.17) is 11.6 Å². The topological polar surface area (TPSA) is 90.2 Å². The SMILES string of the molecule is Cn1c(=O)c2cc(S(=O)(=O)Nc3ccc(Cl)c(C(F)(F)F)c3)ccc2n(C)c1=O. The minimum atomic E-state index is -4.77. The molecule has 2 aromatic carbocycles. The van der Waals surface area contributed by atoms with Crippen molar-refractivity contribution in [1.82, 2.24) is 9.13 Å². The average molecular weight is 448 g/mol. The van der Waals surface area contributed by atoms with E-state index in [1.807, 2.05) is 4.72 Å². The van der Waals surface area contributed by atoms with E-state index in [-0.39, 0.29) is 21.5 Å². The molecule has 3 rings (SSSR count). The lowest BCUT2D eigenvalue weighted by atomic mass is 10.2. The van der Waals surface area contributed by atoms with Gasteiger partial charge in [0.15, 0.2) is 0 Å². The summed E-state index contributed by atoms with van der Waals surface area (Å²) in [5.41, 5.74) is -2.62. The molecule has 0 fully saturated rings. The number of aromatic nitrogens is 2. The fourth-order valence-electron chi connectivity index (χ4n) is 2.76. The van der Waals surface area contributed by atoms with Gasteiger partial charge in [-0.05, 0) is 36.4 Å². The molecule has 29 heavy (non-hydrogen) atoms. The number of sulfonamides is 1. The molecule has 3 aromatic rings. The summed E-state index contributed by atoms with van der Waals surface area (Å²) in [5, 5.41) is -0.611. The fourth-order valence-corrected chi connectivity index (χ4v) is 4.06. The third kappa shape index (κ3) is 3.75. The van der Waals surface area contributed by atoms with Gasteiger partial charge in [-0.25, -0.2) is 13.2 Å². The highest BCUT2D eigenvalue weighted by Crippen LogP contribution is 2.36. The summed E-state index contributed by atoms with van der Waals surface area (Å²) < 4.78 is 68.3. The van der Waals surface area contributed by atoms with E-state index in [1.54, 1.807) is 0 Å². The molecule has 0 bridgehead atoms. The van der Waals surface area contributed by atoms with Crippen LogP contribution in [0, 0.1) is 0 Å². The summed E-state index contributed by atoms with van der Waals surface area (Å²) in [6, 6.07) is 6.05. The van der Waals surface area contributed by atoms with E-state index in [9.17, 15) is 31.2 Å². The number of aryl methyl sites for hydroxylation is 1. The van der Waals surface area contributed by atoms with Crippen molar-refractivity contribution in [2.75, 3.05) is 4.72 Å². The fraction of sp³-hybridized carbons (Fsp3) is 0.176. The van der Waals surface area contributed by atoms with Gasteiger partial charge in [0.2, 0.25) is 0 Å². The van der Waals surface area contributed by atoms with Crippen LogP contribution in [-0.4, -0.2) is 17.6 Å². The predicted molar refractivity (Wildman–Crippen MR) is 102 cm³/mol. The lowest BCUT2D eigenvalue weighted by Gasteiger charge is -2.13. The number of anilines is 1. The van der Waals surface area contributed by atoms with Gasteiger partial charge in [-0.15, -0.1) is 0 Å². The van der Waals surface area contributed by atoms with Crippen molar-refractivity contribution in [2.45, 2.75) is 11.1 Å². The first-order valence-corrected chi connectivity index (χ1v) is 9.78. The molecule has 0 atom stereocenters. The van der Waals surface area contributed by atoms with Gasteiger partial charge >= 0.3 is 11.9 Å². The molecule has 154 valence electrons. The molecule has 1 N–H and O–H groups in total. The Hall–Kier alpha value is -2.79. The third-order valence-corrected chi connectivity index (χ3v) is 5.98. The monoisotopic (exact) mass is 447 g/mol. The molecule has 0 saturated heterocycles. The van der Waals surface area contributed by atoms with Crippen LogP contribution in [0.25, 0.3) is 10.9 Å². The van der Waals surface area contributed by atoms with Gasteiger partial charge in [-0.3, -0.25) is 18.7 Å². The Morgan fingerprint density at radius 1 is 1.00 bits per heavy atom. The third-order valence-electron chi connectivity index (χ3n) is 4.27. The standard InChI is InChI=1S/C17H13ClF3N3O4S/c1-23-14-6-4-10(8-11(14)15(25)24(2)16(23)26)29(27,28)22-9-3-5-13(18)12(7-9)17(19,20)21/h3-8,22H,1-2H3. The van der Waals surface area contributed by atoms with Crippen molar-refractivity contribution in [3.05, 3.63) is 67.8 Å². The molecule has 12 heteroatoms. The number of rotatable bonds is 3. The van der Waals surface area contributed by atoms with Crippen LogP contribution in [0.1, 0.15) is 5.56 Å². The largest absolute Gasteiger partial charge is 0.417 e. The molecule has 0 unspecified atom stereocenters. The molecule has 0 radical (unpaired) electrons. The van der Waals surface area contributed by atoms with Crippen LogP contribution in [0.4, 0.5) is 18.9 Å². The molecule has 0 aliphatic rings. The molecule has 0 saturated carbocycles. The Labute approximate surface area is 167 Å². The molecule has 1 aromatic heterocycles. The summed E-state index contributed by atoms with van der Waals surface area (Å²) in [5.74, 6) is 0. The maximum absolute atomic E-state index is 13.0. The van der Waals surface area contributed by atoms with E-state index in [0.717, 1.165) is 28.8 Å². The van der Waals surface area contributed by atoms with E-state index in [2.05, 4.69) is 0 Å². The van der Waals surface area contributed by atoms with Crippen molar-refractivity contribution >= 4 is 38.2 Å². The summed E-state index contributed by atoms with van der Waals surface area (Å²) in [6.07, 6.45) is -4.77. The molecule has 1 heterocycles. The number of halogens is 4. The maximum atomic E-state index is 13.0. The van der Waals surface area contributed by atoms with Crippen LogP contribution in [-0.2, 0) is 30.3 Å². The van der Waals surface area contributed by atoms with E-state index >= 15 is 0 Å². The van der Waals surface area contributed by atoms with E-state index in [1.165, 1.54) is 24.7 Å². The van der Waals surface area contributed by atoms with Crippen molar-refractivity contribution in [1.29, 1.82) is 0 Å². The van der Waals surface area contributed by atoms with Gasteiger partial charge < -0.3 is 0 Å². The molecule has 0 aliphatic heterocycles. The number of fused-ring (bicyclic) bond motifs is 1. The number of benzene rings is 2. The number of nitrogens with zero attached hydrogens (tertiary/aromatic N) is 2. The first kappa shape index (κ1) is 20.9. The van der Waals surface area contributed by atoms with Gasteiger partial charge in [0.1, 0.15) is 0 Å². The van der Waals surface area contributed by atoms with Gasteiger partial charge in [-0.1, -0.05) is 11.6 Å². The second-order valence-corrected chi connectivity index (χ2v) is 8.27. The van der Waals surface area contributed by atoms with Gasteiger partial charge in [0.05, 0.1) is 26.4 Å². The first-order valence-electron chi connectivity index (χ1n) is 7.92. The zero-order chi connectivity index (χ0) is 21.7. The first-order chi connectivity index (χ1) is 13.3. The Morgan fingerprint density at radius 2 is 1.66 bits per heavy atom. The minimum absolute atomic E-state index is 0.0374. The summed E-state index contributed by atoms with van der Waals surface area (Å²) in [7, 11) is -1.66. The van der Waals surface area contributed by atoms with Crippen LogP contribution in [0.2, 0.25) is 5.02 Å². The van der Waals surface area contributed by atoms with Crippen molar-refractivity contribution in [2.24, 2.45) is 14.1 Å². The maximum Gasteiger partial charge on any atom is 0.417 e. The molecular formula is C17H13ClF3N3O4S. The van der Waals surface area contributed by atoms with Crippen molar-refractivity contribution in [3.63, 3.8) is 0 Å². The lowest BCUT2D eigenvalue weighted by molar-refractivity contribution is -0.137. The smallest absolute Gasteiger partial charge is 0.296 e. The highest BCUT2D eigenvalue weighted by atomic mass is 35.5. The van der Waals surface area contributed by atoms with E-state index in [0.29, 0.717) is 6.07 Å². The van der Waals surface area contributed by atoms with Crippen LogP contribution in [0.3, 0.4) is 0 Å². The Kier molecular flexibility index (Phi) is 4.99. The Balaban J connectivity index is 2.10. The van der Waals surface area contributed by atoms with Crippen LogP contribution in [0.5, 0.6) is 0 Å². The van der Waals surface area contributed by atoms with Gasteiger partial charge in [-0.2, -0.15) is 13.2 Å². The highest BCUT2D eigenvalue weighted by molar-refractivity contribution is 7.92. The zero-order valence-electron chi connectivity index (χ0n) is 14.9. The number of alkyl halides is 3. The number of hydrogen-bond donors (Lipinski definition) is 1. The van der Waals surface area contributed by atoms with Crippen molar-refractivity contribution < 1.29 is 21.6 Å². The normalized spacial score (nSPS) is 12.3. The highest BCUT2D eigenvalue weighted by Gasteiger charge is 2.33. The van der Waals surface area contributed by atoms with Crippen LogP contribution in [0.15, 0.2) is 50.9 Å². The summed E-state index contributed by atoms with van der Waals surface area (Å²) in [6.45, 7) is 0. The van der Waals surface area contributed by atoms with Crippen molar-refractivity contribution in [3.8, 4) is 0 Å².